The fourth-order valence-corrected chi connectivity index (χ4v) is 4.29. The van der Waals surface area contributed by atoms with Gasteiger partial charge >= 0.3 is 0 Å². The fraction of sp³-hybridized carbons (Fsp3) is 0.120. The predicted molar refractivity (Wildman–Crippen MR) is 129 cm³/mol. The van der Waals surface area contributed by atoms with E-state index in [1.165, 1.54) is 17.4 Å². The van der Waals surface area contributed by atoms with E-state index in [9.17, 15) is 9.18 Å². The summed E-state index contributed by atoms with van der Waals surface area (Å²) in [6.45, 7) is 3.90. The summed E-state index contributed by atoms with van der Waals surface area (Å²) >= 11 is 1.31. The summed E-state index contributed by atoms with van der Waals surface area (Å²) in [6, 6.07) is 16.2. The second kappa shape index (κ2) is 8.55. The number of amides is 1. The Labute approximate surface area is 193 Å². The molecule has 33 heavy (non-hydrogen) atoms. The number of carbonyl (C=O) groups is 1. The molecule has 5 aromatic rings. The van der Waals surface area contributed by atoms with Crippen molar-refractivity contribution in [3.8, 4) is 22.6 Å². The molecule has 2 aromatic carbocycles. The van der Waals surface area contributed by atoms with Crippen molar-refractivity contribution >= 4 is 33.1 Å². The van der Waals surface area contributed by atoms with Gasteiger partial charge in [0.2, 0.25) is 0 Å². The van der Waals surface area contributed by atoms with E-state index in [4.69, 9.17) is 0 Å². The number of rotatable bonds is 5. The monoisotopic (exact) mass is 457 g/mol. The topological polar surface area (TPSA) is 72.7 Å². The van der Waals surface area contributed by atoms with Crippen LogP contribution in [0.25, 0.3) is 33.4 Å². The van der Waals surface area contributed by atoms with E-state index in [2.05, 4.69) is 20.4 Å². The Morgan fingerprint density at radius 3 is 2.67 bits per heavy atom. The molecule has 164 valence electrons. The molecule has 0 bridgehead atoms. The minimum atomic E-state index is -0.431. The van der Waals surface area contributed by atoms with Crippen molar-refractivity contribution in [1.82, 2.24) is 19.7 Å². The number of benzene rings is 2. The summed E-state index contributed by atoms with van der Waals surface area (Å²) in [4.78, 5) is 22.2. The molecule has 0 aliphatic carbocycles. The predicted octanol–water partition coefficient (Wildman–Crippen LogP) is 6.19. The van der Waals surface area contributed by atoms with Crippen LogP contribution < -0.4 is 5.32 Å². The molecule has 8 heteroatoms. The Bertz CT molecular complexity index is 1470. The average molecular weight is 458 g/mol. The summed E-state index contributed by atoms with van der Waals surface area (Å²) in [5.41, 5.74) is 2.30. The third-order valence-electron chi connectivity index (χ3n) is 5.28. The van der Waals surface area contributed by atoms with Crippen molar-refractivity contribution < 1.29 is 9.18 Å². The van der Waals surface area contributed by atoms with Crippen molar-refractivity contribution in [1.29, 1.82) is 0 Å². The van der Waals surface area contributed by atoms with Crippen LogP contribution in [-0.4, -0.2) is 25.7 Å². The molecule has 0 atom stereocenters. The zero-order chi connectivity index (χ0) is 22.9. The highest BCUT2D eigenvalue weighted by molar-refractivity contribution is 7.14. The van der Waals surface area contributed by atoms with Crippen LogP contribution >= 0.6 is 11.3 Å². The highest BCUT2D eigenvalue weighted by atomic mass is 32.1. The van der Waals surface area contributed by atoms with Crippen LogP contribution in [0.5, 0.6) is 0 Å². The number of hydrogen-bond acceptors (Lipinski definition) is 5. The lowest BCUT2D eigenvalue weighted by atomic mass is 10.1. The van der Waals surface area contributed by atoms with Gasteiger partial charge in [-0.05, 0) is 37.4 Å². The largest absolute Gasteiger partial charge is 0.298 e. The van der Waals surface area contributed by atoms with Crippen LogP contribution in [0.4, 0.5) is 9.52 Å². The van der Waals surface area contributed by atoms with E-state index >= 15 is 0 Å². The van der Waals surface area contributed by atoms with Gasteiger partial charge in [0.1, 0.15) is 17.2 Å². The van der Waals surface area contributed by atoms with Crippen LogP contribution in [0.15, 0.2) is 72.4 Å². The van der Waals surface area contributed by atoms with E-state index in [0.29, 0.717) is 16.5 Å². The third-order valence-corrected chi connectivity index (χ3v) is 6.03. The van der Waals surface area contributed by atoms with E-state index in [0.717, 1.165) is 16.5 Å². The summed E-state index contributed by atoms with van der Waals surface area (Å²) in [6.07, 6.45) is 3.39. The molecule has 0 saturated carbocycles. The maximum Gasteiger partial charge on any atom is 0.261 e. The lowest BCUT2D eigenvalue weighted by Gasteiger charge is -2.04. The second-order valence-electron chi connectivity index (χ2n) is 7.82. The molecule has 0 unspecified atom stereocenters. The third kappa shape index (κ3) is 4.01. The minimum absolute atomic E-state index is 0.0148. The molecule has 6 nitrogen and oxygen atoms in total. The number of halogens is 1. The zero-order valence-corrected chi connectivity index (χ0v) is 18.8. The number of anilines is 1. The molecule has 1 amide bonds. The molecule has 0 saturated heterocycles. The molecule has 5 rings (SSSR count). The Balaban J connectivity index is 1.48. The number of thiazole rings is 1. The number of nitrogens with zero attached hydrogens (tertiary/aromatic N) is 4. The normalized spacial score (nSPS) is 11.3. The maximum atomic E-state index is 14.5. The van der Waals surface area contributed by atoms with Gasteiger partial charge in [0, 0.05) is 34.8 Å². The quantitative estimate of drug-likeness (QED) is 0.341. The van der Waals surface area contributed by atoms with Crippen molar-refractivity contribution in [2.24, 2.45) is 0 Å². The number of carbonyl (C=O) groups excluding carboxylic acids is 1. The number of fused-ring (bicyclic) bond motifs is 1. The van der Waals surface area contributed by atoms with E-state index < -0.39 is 11.7 Å². The first-order valence-electron chi connectivity index (χ1n) is 10.5. The molecule has 0 spiro atoms. The number of aromatic nitrogens is 4. The highest BCUT2D eigenvalue weighted by Gasteiger charge is 2.22. The van der Waals surface area contributed by atoms with Gasteiger partial charge in [0.05, 0.1) is 11.3 Å². The van der Waals surface area contributed by atoms with Crippen LogP contribution in [-0.2, 0) is 0 Å². The summed E-state index contributed by atoms with van der Waals surface area (Å²) in [5, 5.41) is 11.7. The van der Waals surface area contributed by atoms with Crippen LogP contribution in [0.3, 0.4) is 0 Å². The first kappa shape index (κ1) is 21.0. The highest BCUT2D eigenvalue weighted by Crippen LogP contribution is 2.31. The molecular weight excluding hydrogens is 437 g/mol. The molecule has 0 radical (unpaired) electrons. The molecule has 3 aromatic heterocycles. The van der Waals surface area contributed by atoms with Gasteiger partial charge in [0.15, 0.2) is 5.13 Å². The van der Waals surface area contributed by atoms with Crippen molar-refractivity contribution in [2.75, 3.05) is 5.32 Å². The molecule has 0 fully saturated rings. The molecule has 0 aliphatic rings. The minimum Gasteiger partial charge on any atom is -0.298 e. The Morgan fingerprint density at radius 1 is 1.06 bits per heavy atom. The van der Waals surface area contributed by atoms with Gasteiger partial charge in [-0.15, -0.1) is 11.3 Å². The molecule has 3 heterocycles. The Hall–Kier alpha value is -3.91. The van der Waals surface area contributed by atoms with Crippen LogP contribution in [0, 0.1) is 5.82 Å². The fourth-order valence-electron chi connectivity index (χ4n) is 3.60. The van der Waals surface area contributed by atoms with Crippen molar-refractivity contribution in [3.63, 3.8) is 0 Å². The smallest absolute Gasteiger partial charge is 0.261 e. The van der Waals surface area contributed by atoms with Gasteiger partial charge in [0.25, 0.3) is 5.91 Å². The molecule has 1 N–H and O–H groups in total. The van der Waals surface area contributed by atoms with Crippen molar-refractivity contribution in [3.05, 3.63) is 83.8 Å². The van der Waals surface area contributed by atoms with Gasteiger partial charge in [-0.3, -0.25) is 19.8 Å². The van der Waals surface area contributed by atoms with Gasteiger partial charge in [-0.2, -0.15) is 5.10 Å². The van der Waals surface area contributed by atoms with E-state index in [1.807, 2.05) is 49.6 Å². The molecular formula is C25H20FN5OS. The van der Waals surface area contributed by atoms with Crippen molar-refractivity contribution in [2.45, 2.75) is 19.9 Å². The standard InChI is InChI=1S/C25H20FN5OS/c1-15(2)31-13-19(22(30-31)18-9-5-6-10-20(18)26)24(32)29-25-28-21(14-33-25)23-17-8-4-3-7-16(17)11-12-27-23/h3-15H,1-2H3,(H,28,29,32). The summed E-state index contributed by atoms with van der Waals surface area (Å²) < 4.78 is 16.1. The first-order chi connectivity index (χ1) is 16.0. The SMILES string of the molecule is CC(C)n1cc(C(=O)Nc2nc(-c3nccc4ccccc34)cs2)c(-c2ccccc2F)n1. The summed E-state index contributed by atoms with van der Waals surface area (Å²) in [7, 11) is 0. The Kier molecular flexibility index (Phi) is 5.43. The average Bonchev–Trinajstić information content (AvgIpc) is 3.47. The summed E-state index contributed by atoms with van der Waals surface area (Å²) in [5.74, 6) is -0.828. The number of hydrogen-bond donors (Lipinski definition) is 1. The van der Waals surface area contributed by atoms with Crippen LogP contribution in [0.2, 0.25) is 0 Å². The first-order valence-corrected chi connectivity index (χ1v) is 11.3. The number of pyridine rings is 1. The molecule has 0 aliphatic heterocycles. The van der Waals surface area contributed by atoms with Crippen LogP contribution in [0.1, 0.15) is 30.2 Å². The zero-order valence-electron chi connectivity index (χ0n) is 18.0. The van der Waals surface area contributed by atoms with Gasteiger partial charge in [-0.1, -0.05) is 36.4 Å². The Morgan fingerprint density at radius 2 is 1.85 bits per heavy atom. The number of nitrogens with one attached hydrogen (secondary N) is 1. The van der Waals surface area contributed by atoms with E-state index in [-0.39, 0.29) is 17.2 Å². The van der Waals surface area contributed by atoms with Gasteiger partial charge < -0.3 is 0 Å². The lowest BCUT2D eigenvalue weighted by Crippen LogP contribution is -2.12. The second-order valence-corrected chi connectivity index (χ2v) is 8.68. The van der Waals surface area contributed by atoms with E-state index in [1.54, 1.807) is 35.3 Å². The van der Waals surface area contributed by atoms with Gasteiger partial charge in [-0.25, -0.2) is 9.37 Å². The lowest BCUT2D eigenvalue weighted by molar-refractivity contribution is 0.102. The maximum absolute atomic E-state index is 14.5.